The third kappa shape index (κ3) is 5.36. The third-order valence-corrected chi connectivity index (χ3v) is 4.23. The van der Waals surface area contributed by atoms with E-state index < -0.39 is 0 Å². The van der Waals surface area contributed by atoms with Crippen molar-refractivity contribution < 1.29 is 9.53 Å². The van der Waals surface area contributed by atoms with E-state index in [1.165, 1.54) is 6.08 Å². The van der Waals surface area contributed by atoms with E-state index in [1.54, 1.807) is 17.9 Å². The van der Waals surface area contributed by atoms with Gasteiger partial charge in [0, 0.05) is 24.7 Å². The normalized spacial score (nSPS) is 11.0. The number of amides is 1. The van der Waals surface area contributed by atoms with E-state index in [9.17, 15) is 4.79 Å². The fourth-order valence-electron chi connectivity index (χ4n) is 2.40. The molecule has 25 heavy (non-hydrogen) atoms. The second-order valence-electron chi connectivity index (χ2n) is 5.77. The van der Waals surface area contributed by atoms with Gasteiger partial charge in [-0.3, -0.25) is 9.48 Å². The Morgan fingerprint density at radius 2 is 2.24 bits per heavy atom. The number of benzene rings is 1. The summed E-state index contributed by atoms with van der Waals surface area (Å²) in [5, 5.41) is 7.85. The van der Waals surface area contributed by atoms with Crippen LogP contribution in [-0.2, 0) is 17.9 Å². The number of aryl methyl sites for hydroxylation is 2. The fourth-order valence-corrected chi connectivity index (χ4v) is 2.72. The number of halogens is 1. The van der Waals surface area contributed by atoms with E-state index in [0.717, 1.165) is 42.0 Å². The average molecular weight is 362 g/mol. The van der Waals surface area contributed by atoms with Crippen LogP contribution in [0.1, 0.15) is 36.6 Å². The molecule has 6 heteroatoms. The molecule has 0 saturated heterocycles. The van der Waals surface area contributed by atoms with E-state index in [1.807, 2.05) is 31.2 Å². The molecule has 1 heterocycles. The second-order valence-corrected chi connectivity index (χ2v) is 6.13. The van der Waals surface area contributed by atoms with Gasteiger partial charge < -0.3 is 10.1 Å². The molecule has 0 unspecified atom stereocenters. The SMILES string of the molecule is CCCCn1nc(C)c(/C=C/C(=O)NCc2cccc(OC)c2)c1Cl. The van der Waals surface area contributed by atoms with Gasteiger partial charge in [-0.25, -0.2) is 0 Å². The Balaban J connectivity index is 1.96. The number of unbranched alkanes of at least 4 members (excludes halogenated alkanes) is 1. The summed E-state index contributed by atoms with van der Waals surface area (Å²) in [5.74, 6) is 0.587. The van der Waals surface area contributed by atoms with Crippen LogP contribution in [0.25, 0.3) is 6.08 Å². The molecule has 134 valence electrons. The lowest BCUT2D eigenvalue weighted by atomic mass is 10.2. The number of rotatable bonds is 8. The van der Waals surface area contributed by atoms with Gasteiger partial charge in [0.1, 0.15) is 10.9 Å². The van der Waals surface area contributed by atoms with E-state index >= 15 is 0 Å². The standard InChI is InChI=1S/C19H24ClN3O2/c1-4-5-11-23-19(20)17(14(2)22-23)9-10-18(24)21-13-15-7-6-8-16(12-15)25-3/h6-10,12H,4-5,11,13H2,1-3H3,(H,21,24)/b10-9+. The number of methoxy groups -OCH3 is 1. The molecule has 1 aromatic heterocycles. The van der Waals surface area contributed by atoms with Crippen molar-refractivity contribution in [2.75, 3.05) is 7.11 Å². The van der Waals surface area contributed by atoms with E-state index in [-0.39, 0.29) is 5.91 Å². The molecule has 0 aliphatic heterocycles. The molecule has 0 radical (unpaired) electrons. The molecule has 0 saturated carbocycles. The topological polar surface area (TPSA) is 56.2 Å². The van der Waals surface area contributed by atoms with Gasteiger partial charge in [0.15, 0.2) is 0 Å². The molecule has 1 aromatic carbocycles. The summed E-state index contributed by atoms with van der Waals surface area (Å²) in [7, 11) is 1.62. The molecule has 0 bridgehead atoms. The van der Waals surface area contributed by atoms with Crippen molar-refractivity contribution in [2.45, 2.75) is 39.8 Å². The number of nitrogens with zero attached hydrogens (tertiary/aromatic N) is 2. The maximum Gasteiger partial charge on any atom is 0.244 e. The van der Waals surface area contributed by atoms with Crippen molar-refractivity contribution >= 4 is 23.6 Å². The van der Waals surface area contributed by atoms with Gasteiger partial charge >= 0.3 is 0 Å². The first kappa shape index (κ1) is 19.1. The smallest absolute Gasteiger partial charge is 0.244 e. The minimum absolute atomic E-state index is 0.181. The maximum absolute atomic E-state index is 12.0. The Morgan fingerprint density at radius 3 is 2.96 bits per heavy atom. The number of carbonyl (C=O) groups excluding carboxylic acids is 1. The van der Waals surface area contributed by atoms with Gasteiger partial charge in [-0.1, -0.05) is 37.1 Å². The molecule has 0 fully saturated rings. The first-order valence-electron chi connectivity index (χ1n) is 8.37. The van der Waals surface area contributed by atoms with E-state index in [4.69, 9.17) is 16.3 Å². The van der Waals surface area contributed by atoms with Crippen LogP contribution in [0.3, 0.4) is 0 Å². The van der Waals surface area contributed by atoms with Crippen molar-refractivity contribution in [1.82, 2.24) is 15.1 Å². The molecule has 1 amide bonds. The van der Waals surface area contributed by atoms with Crippen LogP contribution in [0.2, 0.25) is 5.15 Å². The summed E-state index contributed by atoms with van der Waals surface area (Å²) in [4.78, 5) is 12.0. The summed E-state index contributed by atoms with van der Waals surface area (Å²) in [6, 6.07) is 7.59. The van der Waals surface area contributed by atoms with Crippen molar-refractivity contribution in [3.8, 4) is 5.75 Å². The van der Waals surface area contributed by atoms with Crippen LogP contribution in [0.4, 0.5) is 0 Å². The lowest BCUT2D eigenvalue weighted by Gasteiger charge is -2.05. The summed E-state index contributed by atoms with van der Waals surface area (Å²) < 4.78 is 6.96. The van der Waals surface area contributed by atoms with Crippen LogP contribution in [-0.4, -0.2) is 22.8 Å². The van der Waals surface area contributed by atoms with Crippen molar-refractivity contribution in [3.63, 3.8) is 0 Å². The zero-order valence-electron chi connectivity index (χ0n) is 14.9. The summed E-state index contributed by atoms with van der Waals surface area (Å²) >= 11 is 6.36. The molecule has 1 N–H and O–H groups in total. The maximum atomic E-state index is 12.0. The number of aromatic nitrogens is 2. The fraction of sp³-hybridized carbons (Fsp3) is 0.368. The Morgan fingerprint density at radius 1 is 1.44 bits per heavy atom. The third-order valence-electron chi connectivity index (χ3n) is 3.84. The quantitative estimate of drug-likeness (QED) is 0.723. The Bertz CT molecular complexity index is 753. The van der Waals surface area contributed by atoms with Gasteiger partial charge in [-0.05, 0) is 37.1 Å². The van der Waals surface area contributed by atoms with Crippen LogP contribution in [0.5, 0.6) is 5.75 Å². The highest BCUT2D eigenvalue weighted by Gasteiger charge is 2.10. The van der Waals surface area contributed by atoms with Gasteiger partial charge in [0.05, 0.1) is 12.8 Å². The van der Waals surface area contributed by atoms with Gasteiger partial charge in [0.25, 0.3) is 0 Å². The molecule has 0 spiro atoms. The molecule has 5 nitrogen and oxygen atoms in total. The number of ether oxygens (including phenoxy) is 1. The lowest BCUT2D eigenvalue weighted by molar-refractivity contribution is -0.116. The monoisotopic (exact) mass is 361 g/mol. The Labute approximate surface area is 153 Å². The molecule has 0 aliphatic rings. The molecule has 2 rings (SSSR count). The summed E-state index contributed by atoms with van der Waals surface area (Å²) in [6.45, 7) is 5.23. The molecule has 0 atom stereocenters. The van der Waals surface area contributed by atoms with Crippen molar-refractivity contribution in [1.29, 1.82) is 0 Å². The van der Waals surface area contributed by atoms with E-state index in [0.29, 0.717) is 11.7 Å². The highest BCUT2D eigenvalue weighted by molar-refractivity contribution is 6.31. The highest BCUT2D eigenvalue weighted by Crippen LogP contribution is 2.21. The van der Waals surface area contributed by atoms with Gasteiger partial charge in [-0.2, -0.15) is 5.10 Å². The lowest BCUT2D eigenvalue weighted by Crippen LogP contribution is -2.20. The first-order chi connectivity index (χ1) is 12.0. The molecular weight excluding hydrogens is 338 g/mol. The second kappa shape index (κ2) is 9.28. The molecule has 2 aromatic rings. The average Bonchev–Trinajstić information content (AvgIpc) is 2.89. The van der Waals surface area contributed by atoms with Gasteiger partial charge in [-0.15, -0.1) is 0 Å². The number of hydrogen-bond donors (Lipinski definition) is 1. The predicted octanol–water partition coefficient (Wildman–Crippen LogP) is 3.98. The molecule has 0 aliphatic carbocycles. The van der Waals surface area contributed by atoms with Crippen molar-refractivity contribution in [3.05, 3.63) is 52.3 Å². The van der Waals surface area contributed by atoms with Crippen LogP contribution in [0, 0.1) is 6.92 Å². The summed E-state index contributed by atoms with van der Waals surface area (Å²) in [6.07, 6.45) is 5.30. The minimum atomic E-state index is -0.181. The van der Waals surface area contributed by atoms with Gasteiger partial charge in [0.2, 0.25) is 5.91 Å². The zero-order valence-corrected chi connectivity index (χ0v) is 15.6. The Kier molecular flexibility index (Phi) is 7.07. The number of hydrogen-bond acceptors (Lipinski definition) is 3. The van der Waals surface area contributed by atoms with Crippen LogP contribution < -0.4 is 10.1 Å². The first-order valence-corrected chi connectivity index (χ1v) is 8.74. The minimum Gasteiger partial charge on any atom is -0.497 e. The number of carbonyl (C=O) groups is 1. The summed E-state index contributed by atoms with van der Waals surface area (Å²) in [5.41, 5.74) is 2.58. The van der Waals surface area contributed by atoms with E-state index in [2.05, 4.69) is 17.3 Å². The van der Waals surface area contributed by atoms with Crippen LogP contribution >= 0.6 is 11.6 Å². The zero-order chi connectivity index (χ0) is 18.2. The largest absolute Gasteiger partial charge is 0.497 e. The Hall–Kier alpha value is -2.27. The highest BCUT2D eigenvalue weighted by atomic mass is 35.5. The van der Waals surface area contributed by atoms with Crippen molar-refractivity contribution in [2.24, 2.45) is 0 Å². The van der Waals surface area contributed by atoms with Crippen LogP contribution in [0.15, 0.2) is 30.3 Å². The number of nitrogens with one attached hydrogen (secondary N) is 1. The predicted molar refractivity (Wildman–Crippen MR) is 101 cm³/mol. The molecular formula is C19H24ClN3O2.